The van der Waals surface area contributed by atoms with Crippen molar-refractivity contribution in [3.8, 4) is 11.1 Å². The van der Waals surface area contributed by atoms with Crippen molar-refractivity contribution in [3.05, 3.63) is 132 Å². The van der Waals surface area contributed by atoms with Crippen LogP contribution in [0.2, 0.25) is 0 Å². The summed E-state index contributed by atoms with van der Waals surface area (Å²) in [7, 11) is 2.21. The Hall–Kier alpha value is -3.58. The van der Waals surface area contributed by atoms with Gasteiger partial charge in [-0.25, -0.2) is 0 Å². The summed E-state index contributed by atoms with van der Waals surface area (Å²) in [5.41, 5.74) is 9.53. The molecule has 0 saturated carbocycles. The first-order chi connectivity index (χ1) is 16.8. The monoisotopic (exact) mass is 443 g/mol. The van der Waals surface area contributed by atoms with Crippen LogP contribution < -0.4 is 4.90 Å². The van der Waals surface area contributed by atoms with Crippen LogP contribution in [0.5, 0.6) is 0 Å². The van der Waals surface area contributed by atoms with Gasteiger partial charge in [0.05, 0.1) is 0 Å². The third-order valence-electron chi connectivity index (χ3n) is 7.08. The van der Waals surface area contributed by atoms with Crippen molar-refractivity contribution < 1.29 is 0 Å². The predicted octanol–water partition coefficient (Wildman–Crippen LogP) is 8.93. The molecule has 0 fully saturated rings. The highest BCUT2D eigenvalue weighted by Gasteiger charge is 2.18. The van der Waals surface area contributed by atoms with Crippen molar-refractivity contribution in [2.75, 3.05) is 11.9 Å². The van der Waals surface area contributed by atoms with Crippen molar-refractivity contribution in [1.82, 2.24) is 0 Å². The summed E-state index contributed by atoms with van der Waals surface area (Å²) in [5, 5.41) is 0. The van der Waals surface area contributed by atoms with E-state index < -0.39 is 0 Å². The number of hydrogen-bond donors (Lipinski definition) is 0. The second-order valence-electron chi connectivity index (χ2n) is 9.22. The van der Waals surface area contributed by atoms with Gasteiger partial charge in [0.15, 0.2) is 0 Å². The molecule has 1 unspecified atom stereocenters. The van der Waals surface area contributed by atoms with Gasteiger partial charge < -0.3 is 4.90 Å². The molecule has 2 aliphatic carbocycles. The maximum absolute atomic E-state index is 2.43. The second-order valence-corrected chi connectivity index (χ2v) is 9.22. The number of allylic oxidation sites excluding steroid dienone is 8. The molecule has 1 heteroatoms. The van der Waals surface area contributed by atoms with Crippen molar-refractivity contribution in [2.45, 2.75) is 38.0 Å². The molecule has 5 rings (SSSR count). The topological polar surface area (TPSA) is 3.24 Å². The van der Waals surface area contributed by atoms with Crippen molar-refractivity contribution in [3.63, 3.8) is 0 Å². The molecule has 1 atom stereocenters. The first kappa shape index (κ1) is 22.2. The summed E-state index contributed by atoms with van der Waals surface area (Å²) in [6.07, 6.45) is 19.4. The fourth-order valence-electron chi connectivity index (χ4n) is 5.13. The van der Waals surface area contributed by atoms with Crippen LogP contribution in [0, 0.1) is 0 Å². The van der Waals surface area contributed by atoms with E-state index in [-0.39, 0.29) is 0 Å². The van der Waals surface area contributed by atoms with E-state index in [4.69, 9.17) is 0 Å². The minimum Gasteiger partial charge on any atom is -0.348 e. The van der Waals surface area contributed by atoms with Gasteiger partial charge >= 0.3 is 0 Å². The maximum Gasteiger partial charge on any atom is 0.0405 e. The van der Waals surface area contributed by atoms with E-state index in [0.717, 1.165) is 32.1 Å². The summed E-state index contributed by atoms with van der Waals surface area (Å²) >= 11 is 0. The molecule has 0 bridgehead atoms. The van der Waals surface area contributed by atoms with E-state index in [0.29, 0.717) is 5.92 Å². The van der Waals surface area contributed by atoms with Crippen molar-refractivity contribution in [1.29, 1.82) is 0 Å². The van der Waals surface area contributed by atoms with Crippen LogP contribution in [-0.4, -0.2) is 7.05 Å². The third-order valence-corrected chi connectivity index (χ3v) is 7.08. The first-order valence-corrected chi connectivity index (χ1v) is 12.5. The minimum absolute atomic E-state index is 0.445. The number of nitrogens with zero attached hydrogens (tertiary/aromatic N) is 1. The lowest BCUT2D eigenvalue weighted by Crippen LogP contribution is -2.17. The lowest BCUT2D eigenvalue weighted by molar-refractivity contribution is 0.706. The fraction of sp³-hybridized carbons (Fsp3) is 0.212. The largest absolute Gasteiger partial charge is 0.348 e. The summed E-state index contributed by atoms with van der Waals surface area (Å²) in [5.74, 6) is 0.445. The van der Waals surface area contributed by atoms with Gasteiger partial charge in [-0.3, -0.25) is 0 Å². The van der Waals surface area contributed by atoms with Crippen LogP contribution in [0.25, 0.3) is 16.7 Å². The molecular weight excluding hydrogens is 410 g/mol. The zero-order chi connectivity index (χ0) is 23.2. The number of rotatable bonds is 5. The minimum atomic E-state index is 0.445. The fourth-order valence-corrected chi connectivity index (χ4v) is 5.13. The Bertz CT molecular complexity index is 1230. The van der Waals surface area contributed by atoms with Gasteiger partial charge in [-0.1, -0.05) is 103 Å². The molecule has 34 heavy (non-hydrogen) atoms. The molecule has 170 valence electrons. The van der Waals surface area contributed by atoms with E-state index in [2.05, 4.69) is 127 Å². The average molecular weight is 444 g/mol. The standard InChI is InChI=1S/C33H33N/c1-34(31-23-20-27(21-24-31)26-12-4-2-5-13-26)30-17-9-8-16-29(22-25-30)33-19-11-10-18-32(33)28-14-6-3-7-15-28/h2-6,8,10-14,16-21,23-24,29H,7,9,15,22,25H2,1H3/b16-8?,30-17+. The van der Waals surface area contributed by atoms with Crippen LogP contribution in [-0.2, 0) is 0 Å². The summed E-state index contributed by atoms with van der Waals surface area (Å²) in [6.45, 7) is 0. The van der Waals surface area contributed by atoms with Gasteiger partial charge in [0.2, 0.25) is 0 Å². The normalized spacial score (nSPS) is 19.5. The molecule has 3 aromatic carbocycles. The third kappa shape index (κ3) is 4.99. The summed E-state index contributed by atoms with van der Waals surface area (Å²) in [6, 6.07) is 28.6. The van der Waals surface area contributed by atoms with E-state index in [9.17, 15) is 0 Å². The molecule has 0 aromatic heterocycles. The predicted molar refractivity (Wildman–Crippen MR) is 147 cm³/mol. The molecule has 0 radical (unpaired) electrons. The van der Waals surface area contributed by atoms with Crippen molar-refractivity contribution >= 4 is 11.3 Å². The molecule has 0 aliphatic heterocycles. The van der Waals surface area contributed by atoms with E-state index in [1.807, 2.05) is 0 Å². The van der Waals surface area contributed by atoms with Gasteiger partial charge in [-0.15, -0.1) is 0 Å². The molecular formula is C33H33N. The van der Waals surface area contributed by atoms with Crippen molar-refractivity contribution in [2.24, 2.45) is 0 Å². The quantitative estimate of drug-likeness (QED) is 0.356. The highest BCUT2D eigenvalue weighted by Crippen LogP contribution is 2.36. The van der Waals surface area contributed by atoms with E-state index >= 15 is 0 Å². The van der Waals surface area contributed by atoms with Gasteiger partial charge in [0.25, 0.3) is 0 Å². The number of anilines is 1. The Morgan fingerprint density at radius 1 is 0.765 bits per heavy atom. The highest BCUT2D eigenvalue weighted by atomic mass is 15.1. The molecule has 1 nitrogen and oxygen atoms in total. The van der Waals surface area contributed by atoms with Gasteiger partial charge in [-0.05, 0) is 72.1 Å². The van der Waals surface area contributed by atoms with Crippen LogP contribution in [0.4, 0.5) is 5.69 Å². The van der Waals surface area contributed by atoms with Gasteiger partial charge in [0.1, 0.15) is 0 Å². The van der Waals surface area contributed by atoms with E-state index in [1.54, 1.807) is 0 Å². The SMILES string of the molecule is CN(/C1=C/CC=CC(c2ccccc2C2=CC=CCC2)CC1)c1ccc(-c2ccccc2)cc1. The van der Waals surface area contributed by atoms with Crippen LogP contribution in [0.3, 0.4) is 0 Å². The maximum atomic E-state index is 2.43. The Morgan fingerprint density at radius 3 is 2.32 bits per heavy atom. The Balaban J connectivity index is 1.33. The average Bonchev–Trinajstić information content (AvgIpc) is 2.90. The number of hydrogen-bond acceptors (Lipinski definition) is 1. The molecule has 0 spiro atoms. The zero-order valence-electron chi connectivity index (χ0n) is 20.0. The first-order valence-electron chi connectivity index (χ1n) is 12.5. The lowest BCUT2D eigenvalue weighted by Gasteiger charge is -2.27. The Morgan fingerprint density at radius 2 is 1.53 bits per heavy atom. The van der Waals surface area contributed by atoms with Gasteiger partial charge in [-0.2, -0.15) is 0 Å². The Labute approximate surface area is 204 Å². The molecule has 0 amide bonds. The smallest absolute Gasteiger partial charge is 0.0405 e. The van der Waals surface area contributed by atoms with Crippen LogP contribution in [0.15, 0.2) is 121 Å². The zero-order valence-corrected chi connectivity index (χ0v) is 20.0. The van der Waals surface area contributed by atoms with E-state index in [1.165, 1.54) is 39.2 Å². The second kappa shape index (κ2) is 10.6. The molecule has 0 N–H and O–H groups in total. The summed E-state index contributed by atoms with van der Waals surface area (Å²) < 4.78 is 0. The molecule has 3 aromatic rings. The Kier molecular flexibility index (Phi) is 6.91. The molecule has 0 saturated heterocycles. The van der Waals surface area contributed by atoms with Crippen LogP contribution >= 0.6 is 0 Å². The van der Waals surface area contributed by atoms with Gasteiger partial charge in [0, 0.05) is 24.4 Å². The summed E-state index contributed by atoms with van der Waals surface area (Å²) in [4.78, 5) is 2.37. The lowest BCUT2D eigenvalue weighted by atomic mass is 9.84. The van der Waals surface area contributed by atoms with Crippen LogP contribution in [0.1, 0.15) is 49.1 Å². The molecule has 0 heterocycles. The highest BCUT2D eigenvalue weighted by molar-refractivity contribution is 5.71. The number of benzene rings is 3. The molecule has 2 aliphatic rings.